The first-order valence-corrected chi connectivity index (χ1v) is 9.68. The Morgan fingerprint density at radius 1 is 1.10 bits per heavy atom. The summed E-state index contributed by atoms with van der Waals surface area (Å²) in [5.74, 6) is -1.73. The predicted octanol–water partition coefficient (Wildman–Crippen LogP) is 1.91. The van der Waals surface area contributed by atoms with Crippen LogP contribution in [0.15, 0.2) is 36.4 Å². The summed E-state index contributed by atoms with van der Waals surface area (Å²) in [6, 6.07) is 6.95. The molecule has 1 saturated heterocycles. The van der Waals surface area contributed by atoms with Crippen LogP contribution in [0.5, 0.6) is 5.75 Å². The van der Waals surface area contributed by atoms with Gasteiger partial charge in [0.1, 0.15) is 5.75 Å². The van der Waals surface area contributed by atoms with Gasteiger partial charge in [0, 0.05) is 6.54 Å². The SMILES string of the molecule is CCOc1ccccc1NC(=O)COC(=O)CCN1C(=O)[C@@H]2CC=CC[C@H]2C1=O. The average Bonchev–Trinajstić information content (AvgIpc) is 2.97. The molecule has 1 aromatic carbocycles. The van der Waals surface area contributed by atoms with E-state index in [1.54, 1.807) is 24.3 Å². The number of carbonyl (C=O) groups excluding carboxylic acids is 4. The fraction of sp³-hybridized carbons (Fsp3) is 0.429. The number of hydrogen-bond acceptors (Lipinski definition) is 6. The van der Waals surface area contributed by atoms with Crippen molar-refractivity contribution in [2.24, 2.45) is 11.8 Å². The summed E-state index contributed by atoms with van der Waals surface area (Å²) in [7, 11) is 0. The highest BCUT2D eigenvalue weighted by Crippen LogP contribution is 2.35. The Morgan fingerprint density at radius 3 is 2.41 bits per heavy atom. The van der Waals surface area contributed by atoms with Gasteiger partial charge in [0.15, 0.2) is 6.61 Å². The van der Waals surface area contributed by atoms with Gasteiger partial charge in [-0.25, -0.2) is 0 Å². The van der Waals surface area contributed by atoms with Gasteiger partial charge in [-0.05, 0) is 31.9 Å². The van der Waals surface area contributed by atoms with Gasteiger partial charge < -0.3 is 14.8 Å². The van der Waals surface area contributed by atoms with E-state index in [-0.39, 0.29) is 36.6 Å². The number of amides is 3. The molecule has 8 nitrogen and oxygen atoms in total. The minimum absolute atomic E-state index is 0.0295. The fourth-order valence-electron chi connectivity index (χ4n) is 3.55. The molecule has 1 aliphatic carbocycles. The molecule has 29 heavy (non-hydrogen) atoms. The number of benzene rings is 1. The van der Waals surface area contributed by atoms with Gasteiger partial charge in [0.25, 0.3) is 5.91 Å². The Kier molecular flexibility index (Phi) is 6.64. The first kappa shape index (κ1) is 20.6. The summed E-state index contributed by atoms with van der Waals surface area (Å²) in [4.78, 5) is 49.9. The minimum atomic E-state index is -0.646. The van der Waals surface area contributed by atoms with Crippen molar-refractivity contribution in [1.29, 1.82) is 0 Å². The van der Waals surface area contributed by atoms with Crippen LogP contribution in [0.2, 0.25) is 0 Å². The first-order chi connectivity index (χ1) is 14.0. The van der Waals surface area contributed by atoms with Crippen molar-refractivity contribution in [2.45, 2.75) is 26.2 Å². The van der Waals surface area contributed by atoms with Crippen molar-refractivity contribution in [3.05, 3.63) is 36.4 Å². The summed E-state index contributed by atoms with van der Waals surface area (Å²) in [6.07, 6.45) is 4.78. The van der Waals surface area contributed by atoms with E-state index in [9.17, 15) is 19.2 Å². The third-order valence-corrected chi connectivity index (χ3v) is 4.96. The second-order valence-corrected chi connectivity index (χ2v) is 6.87. The zero-order valence-electron chi connectivity index (χ0n) is 16.3. The Hall–Kier alpha value is -3.16. The summed E-state index contributed by atoms with van der Waals surface area (Å²) in [6.45, 7) is 1.80. The van der Waals surface area contributed by atoms with Crippen LogP contribution < -0.4 is 10.1 Å². The Morgan fingerprint density at radius 2 is 1.76 bits per heavy atom. The Bertz CT molecular complexity index is 808. The molecule has 0 bridgehead atoms. The first-order valence-electron chi connectivity index (χ1n) is 9.68. The molecule has 154 valence electrons. The van der Waals surface area contributed by atoms with E-state index in [2.05, 4.69) is 5.32 Å². The number of fused-ring (bicyclic) bond motifs is 1. The molecule has 1 aromatic rings. The van der Waals surface area contributed by atoms with Crippen LogP contribution in [0.4, 0.5) is 5.69 Å². The van der Waals surface area contributed by atoms with Crippen molar-refractivity contribution < 1.29 is 28.7 Å². The lowest BCUT2D eigenvalue weighted by molar-refractivity contribution is -0.148. The highest BCUT2D eigenvalue weighted by atomic mass is 16.5. The molecule has 1 heterocycles. The van der Waals surface area contributed by atoms with E-state index in [1.807, 2.05) is 19.1 Å². The highest BCUT2D eigenvalue weighted by molar-refractivity contribution is 6.05. The van der Waals surface area contributed by atoms with Crippen molar-refractivity contribution in [1.82, 2.24) is 4.90 Å². The predicted molar refractivity (Wildman–Crippen MR) is 104 cm³/mol. The summed E-state index contributed by atoms with van der Waals surface area (Å²) >= 11 is 0. The van der Waals surface area contributed by atoms with Crippen LogP contribution in [-0.2, 0) is 23.9 Å². The number of allylic oxidation sites excluding steroid dienone is 2. The second-order valence-electron chi connectivity index (χ2n) is 6.87. The number of para-hydroxylation sites is 2. The monoisotopic (exact) mass is 400 g/mol. The number of rotatable bonds is 8. The molecule has 1 fully saturated rings. The lowest BCUT2D eigenvalue weighted by Gasteiger charge is -2.14. The molecule has 1 N–H and O–H groups in total. The van der Waals surface area contributed by atoms with Gasteiger partial charge in [-0.1, -0.05) is 24.3 Å². The number of nitrogens with zero attached hydrogens (tertiary/aromatic N) is 1. The third kappa shape index (κ3) is 4.82. The number of ether oxygens (including phenoxy) is 2. The molecular weight excluding hydrogens is 376 g/mol. The fourth-order valence-corrected chi connectivity index (χ4v) is 3.55. The summed E-state index contributed by atoms with van der Waals surface area (Å²) in [5, 5.41) is 2.63. The van der Waals surface area contributed by atoms with Gasteiger partial charge in [-0.3, -0.25) is 24.1 Å². The van der Waals surface area contributed by atoms with Crippen molar-refractivity contribution in [2.75, 3.05) is 25.1 Å². The zero-order valence-corrected chi connectivity index (χ0v) is 16.3. The van der Waals surface area contributed by atoms with Crippen LogP contribution in [0.1, 0.15) is 26.2 Å². The maximum atomic E-state index is 12.4. The number of nitrogens with one attached hydrogen (secondary N) is 1. The van der Waals surface area contributed by atoms with E-state index in [4.69, 9.17) is 9.47 Å². The molecular formula is C21H24N2O6. The number of likely N-dealkylation sites (tertiary alicyclic amines) is 1. The van der Waals surface area contributed by atoms with Gasteiger partial charge >= 0.3 is 5.97 Å². The van der Waals surface area contributed by atoms with Crippen molar-refractivity contribution >= 4 is 29.4 Å². The van der Waals surface area contributed by atoms with E-state index in [0.717, 1.165) is 4.90 Å². The van der Waals surface area contributed by atoms with Gasteiger partial charge in [0.2, 0.25) is 11.8 Å². The normalized spacial score (nSPS) is 20.4. The highest BCUT2D eigenvalue weighted by Gasteiger charge is 2.46. The lowest BCUT2D eigenvalue weighted by Crippen LogP contribution is -2.33. The van der Waals surface area contributed by atoms with Gasteiger partial charge in [0.05, 0.1) is 30.6 Å². The molecule has 0 aromatic heterocycles. The van der Waals surface area contributed by atoms with E-state index < -0.39 is 18.5 Å². The number of esters is 1. The van der Waals surface area contributed by atoms with Crippen LogP contribution in [0.3, 0.4) is 0 Å². The number of carbonyl (C=O) groups is 4. The van der Waals surface area contributed by atoms with Crippen LogP contribution in [0, 0.1) is 11.8 Å². The molecule has 3 rings (SSSR count). The van der Waals surface area contributed by atoms with Crippen molar-refractivity contribution in [3.8, 4) is 5.75 Å². The Balaban J connectivity index is 1.44. The summed E-state index contributed by atoms with van der Waals surface area (Å²) in [5.41, 5.74) is 0.486. The largest absolute Gasteiger partial charge is 0.492 e. The number of anilines is 1. The van der Waals surface area contributed by atoms with Gasteiger partial charge in [-0.15, -0.1) is 0 Å². The zero-order chi connectivity index (χ0) is 20.8. The molecule has 2 aliphatic rings. The van der Waals surface area contributed by atoms with Crippen LogP contribution in [-0.4, -0.2) is 48.3 Å². The maximum absolute atomic E-state index is 12.4. The average molecular weight is 400 g/mol. The third-order valence-electron chi connectivity index (χ3n) is 4.96. The number of imide groups is 1. The molecule has 1 aliphatic heterocycles. The van der Waals surface area contributed by atoms with E-state index in [0.29, 0.717) is 30.9 Å². The molecule has 0 unspecified atom stereocenters. The molecule has 0 radical (unpaired) electrons. The topological polar surface area (TPSA) is 102 Å². The smallest absolute Gasteiger partial charge is 0.308 e. The molecule has 2 atom stereocenters. The molecule has 0 spiro atoms. The van der Waals surface area contributed by atoms with E-state index >= 15 is 0 Å². The standard InChI is InChI=1S/C21H24N2O6/c1-2-28-17-10-6-5-9-16(17)22-18(24)13-29-19(25)11-12-23-20(26)14-7-3-4-8-15(14)21(23)27/h3-6,9-10,14-15H,2,7-8,11-13H2,1H3,(H,22,24)/t14-,15-/m1/s1. The minimum Gasteiger partial charge on any atom is -0.492 e. The maximum Gasteiger partial charge on any atom is 0.308 e. The van der Waals surface area contributed by atoms with E-state index in [1.165, 1.54) is 0 Å². The second kappa shape index (κ2) is 9.36. The number of hydrogen-bond donors (Lipinski definition) is 1. The molecule has 3 amide bonds. The van der Waals surface area contributed by atoms with Crippen LogP contribution >= 0.6 is 0 Å². The van der Waals surface area contributed by atoms with Gasteiger partial charge in [-0.2, -0.15) is 0 Å². The lowest BCUT2D eigenvalue weighted by atomic mass is 9.85. The molecule has 0 saturated carbocycles. The Labute approximate surface area is 168 Å². The molecule has 8 heteroatoms. The summed E-state index contributed by atoms with van der Waals surface area (Å²) < 4.78 is 10.4. The quantitative estimate of drug-likeness (QED) is 0.406. The van der Waals surface area contributed by atoms with Crippen LogP contribution in [0.25, 0.3) is 0 Å². The van der Waals surface area contributed by atoms with Crippen molar-refractivity contribution in [3.63, 3.8) is 0 Å².